The Bertz CT molecular complexity index is 202. The molecule has 0 aliphatic heterocycles. The van der Waals surface area contributed by atoms with Gasteiger partial charge < -0.3 is 14.9 Å². The SMILES string of the molecule is CCC(C(=O)OC(C)(C)C)C(N)(O)O. The number of carbonyl (C=O) groups is 1. The van der Waals surface area contributed by atoms with Crippen LogP contribution in [0.15, 0.2) is 0 Å². The van der Waals surface area contributed by atoms with Crippen LogP contribution < -0.4 is 5.73 Å². The summed E-state index contributed by atoms with van der Waals surface area (Å²) in [6.45, 7) is 6.72. The Morgan fingerprint density at radius 1 is 1.43 bits per heavy atom. The average Bonchev–Trinajstić information content (AvgIpc) is 1.79. The highest BCUT2D eigenvalue weighted by atomic mass is 16.6. The van der Waals surface area contributed by atoms with Crippen LogP contribution in [-0.4, -0.2) is 27.7 Å². The topological polar surface area (TPSA) is 92.8 Å². The number of hydrogen-bond acceptors (Lipinski definition) is 5. The van der Waals surface area contributed by atoms with Gasteiger partial charge in [-0.15, -0.1) is 0 Å². The van der Waals surface area contributed by atoms with E-state index in [-0.39, 0.29) is 6.42 Å². The van der Waals surface area contributed by atoms with E-state index in [0.29, 0.717) is 0 Å². The van der Waals surface area contributed by atoms with Gasteiger partial charge in [-0.1, -0.05) is 6.92 Å². The van der Waals surface area contributed by atoms with Crippen molar-refractivity contribution >= 4 is 5.97 Å². The van der Waals surface area contributed by atoms with Crippen molar-refractivity contribution in [2.24, 2.45) is 11.7 Å². The minimum Gasteiger partial charge on any atom is -0.460 e. The summed E-state index contributed by atoms with van der Waals surface area (Å²) in [6, 6.07) is 0. The molecule has 0 aliphatic carbocycles. The van der Waals surface area contributed by atoms with Gasteiger partial charge in [0.2, 0.25) is 5.91 Å². The number of esters is 1. The van der Waals surface area contributed by atoms with Gasteiger partial charge in [0.1, 0.15) is 11.5 Å². The molecule has 0 rings (SSSR count). The van der Waals surface area contributed by atoms with Crippen LogP contribution in [0.4, 0.5) is 0 Å². The first-order valence-electron chi connectivity index (χ1n) is 4.54. The van der Waals surface area contributed by atoms with Gasteiger partial charge in [-0.05, 0) is 27.2 Å². The first-order chi connectivity index (χ1) is 6.08. The Kier molecular flexibility index (Phi) is 4.05. The van der Waals surface area contributed by atoms with Crippen LogP contribution >= 0.6 is 0 Å². The minimum atomic E-state index is -2.52. The molecule has 0 aromatic rings. The minimum absolute atomic E-state index is 0.207. The van der Waals surface area contributed by atoms with Gasteiger partial charge in [-0.25, -0.2) is 0 Å². The first-order valence-corrected chi connectivity index (χ1v) is 4.54. The summed E-state index contributed by atoms with van der Waals surface area (Å²) < 4.78 is 4.98. The second-order valence-corrected chi connectivity index (χ2v) is 4.28. The molecule has 0 saturated heterocycles. The Morgan fingerprint density at radius 3 is 2.07 bits per heavy atom. The molecule has 0 radical (unpaired) electrons. The van der Waals surface area contributed by atoms with Crippen molar-refractivity contribution in [3.8, 4) is 0 Å². The zero-order valence-electron chi connectivity index (χ0n) is 9.07. The molecule has 0 bridgehead atoms. The van der Waals surface area contributed by atoms with Crippen LogP contribution in [0.3, 0.4) is 0 Å². The third-order valence-electron chi connectivity index (χ3n) is 1.61. The number of aliphatic hydroxyl groups is 2. The van der Waals surface area contributed by atoms with Gasteiger partial charge in [-0.2, -0.15) is 0 Å². The highest BCUT2D eigenvalue weighted by molar-refractivity contribution is 5.73. The van der Waals surface area contributed by atoms with E-state index in [1.54, 1.807) is 27.7 Å². The van der Waals surface area contributed by atoms with Crippen molar-refractivity contribution in [3.05, 3.63) is 0 Å². The van der Waals surface area contributed by atoms with E-state index in [1.807, 2.05) is 0 Å². The highest BCUT2D eigenvalue weighted by Gasteiger charge is 2.37. The number of nitrogens with two attached hydrogens (primary N) is 1. The summed E-state index contributed by atoms with van der Waals surface area (Å²) in [6.07, 6.45) is 0.207. The maximum atomic E-state index is 11.4. The Morgan fingerprint density at radius 2 is 1.86 bits per heavy atom. The molecule has 1 atom stereocenters. The molecule has 4 N–H and O–H groups in total. The fourth-order valence-electron chi connectivity index (χ4n) is 1.01. The predicted molar refractivity (Wildman–Crippen MR) is 51.0 cm³/mol. The molecule has 0 saturated carbocycles. The number of carbonyl (C=O) groups excluding carboxylic acids is 1. The summed E-state index contributed by atoms with van der Waals surface area (Å²) in [5.74, 6) is -4.34. The fraction of sp³-hybridized carbons (Fsp3) is 0.889. The van der Waals surface area contributed by atoms with Crippen LogP contribution in [0.2, 0.25) is 0 Å². The van der Waals surface area contributed by atoms with Crippen molar-refractivity contribution in [1.29, 1.82) is 0 Å². The van der Waals surface area contributed by atoms with E-state index in [9.17, 15) is 4.79 Å². The molecule has 0 aromatic carbocycles. The maximum Gasteiger partial charge on any atom is 0.316 e. The lowest BCUT2D eigenvalue weighted by Crippen LogP contribution is -2.51. The van der Waals surface area contributed by atoms with Crippen molar-refractivity contribution in [1.82, 2.24) is 0 Å². The Hall–Kier alpha value is -0.650. The van der Waals surface area contributed by atoms with E-state index < -0.39 is 23.4 Å². The predicted octanol–water partition coefficient (Wildman–Crippen LogP) is -0.0486. The van der Waals surface area contributed by atoms with Crippen molar-refractivity contribution in [2.45, 2.75) is 45.6 Å². The molecule has 1 unspecified atom stereocenters. The van der Waals surface area contributed by atoms with Crippen LogP contribution in [0.1, 0.15) is 34.1 Å². The third-order valence-corrected chi connectivity index (χ3v) is 1.61. The molecule has 5 heteroatoms. The summed E-state index contributed by atoms with van der Waals surface area (Å²) in [7, 11) is 0. The zero-order valence-corrected chi connectivity index (χ0v) is 9.07. The molecular weight excluding hydrogens is 186 g/mol. The molecule has 14 heavy (non-hydrogen) atoms. The highest BCUT2D eigenvalue weighted by Crippen LogP contribution is 2.18. The number of ether oxygens (including phenoxy) is 1. The van der Waals surface area contributed by atoms with Gasteiger partial charge in [0, 0.05) is 0 Å². The van der Waals surface area contributed by atoms with Gasteiger partial charge in [0.25, 0.3) is 0 Å². The van der Waals surface area contributed by atoms with E-state index in [1.165, 1.54) is 0 Å². The smallest absolute Gasteiger partial charge is 0.316 e. The largest absolute Gasteiger partial charge is 0.460 e. The van der Waals surface area contributed by atoms with Gasteiger partial charge in [0.05, 0.1) is 0 Å². The standard InChI is InChI=1S/C9H19NO4/c1-5-6(9(10,12)13)7(11)14-8(2,3)4/h6,12-13H,5,10H2,1-4H3. The number of rotatable bonds is 3. The van der Waals surface area contributed by atoms with Gasteiger partial charge in [-0.3, -0.25) is 10.5 Å². The molecule has 5 nitrogen and oxygen atoms in total. The first kappa shape index (κ1) is 13.4. The molecule has 0 heterocycles. The summed E-state index contributed by atoms with van der Waals surface area (Å²) >= 11 is 0. The van der Waals surface area contributed by atoms with Gasteiger partial charge >= 0.3 is 5.97 Å². The maximum absolute atomic E-state index is 11.4. The van der Waals surface area contributed by atoms with E-state index in [0.717, 1.165) is 0 Å². The molecule has 0 amide bonds. The molecule has 0 aliphatic rings. The second kappa shape index (κ2) is 4.25. The third kappa shape index (κ3) is 4.55. The van der Waals surface area contributed by atoms with Crippen molar-refractivity contribution < 1.29 is 19.7 Å². The summed E-state index contributed by atoms with van der Waals surface area (Å²) in [5.41, 5.74) is 4.36. The lowest BCUT2D eigenvalue weighted by molar-refractivity contribution is -0.215. The van der Waals surface area contributed by atoms with Crippen LogP contribution in [0.5, 0.6) is 0 Å². The normalized spacial score (nSPS) is 15.1. The lowest BCUT2D eigenvalue weighted by atomic mass is 10.0. The van der Waals surface area contributed by atoms with Gasteiger partial charge in [0.15, 0.2) is 0 Å². The number of hydrogen-bond donors (Lipinski definition) is 3. The quantitative estimate of drug-likeness (QED) is 0.444. The average molecular weight is 205 g/mol. The van der Waals surface area contributed by atoms with Crippen molar-refractivity contribution in [3.63, 3.8) is 0 Å². The van der Waals surface area contributed by atoms with E-state index in [4.69, 9.17) is 20.7 Å². The fourth-order valence-corrected chi connectivity index (χ4v) is 1.01. The lowest BCUT2D eigenvalue weighted by Gasteiger charge is -2.28. The Balaban J connectivity index is 4.50. The second-order valence-electron chi connectivity index (χ2n) is 4.28. The zero-order chi connectivity index (χ0) is 11.6. The Labute approximate surface area is 83.9 Å². The van der Waals surface area contributed by atoms with E-state index in [2.05, 4.69) is 0 Å². The molecule has 84 valence electrons. The van der Waals surface area contributed by atoms with Crippen molar-refractivity contribution in [2.75, 3.05) is 0 Å². The molecule has 0 fully saturated rings. The molecule has 0 spiro atoms. The van der Waals surface area contributed by atoms with Crippen LogP contribution in [0, 0.1) is 5.92 Å². The van der Waals surface area contributed by atoms with E-state index >= 15 is 0 Å². The monoisotopic (exact) mass is 205 g/mol. The molecular formula is C9H19NO4. The summed E-state index contributed by atoms with van der Waals surface area (Å²) in [5, 5.41) is 18.2. The summed E-state index contributed by atoms with van der Waals surface area (Å²) in [4.78, 5) is 11.4. The molecule has 0 aromatic heterocycles. The van der Waals surface area contributed by atoms with Crippen LogP contribution in [0.25, 0.3) is 0 Å². The van der Waals surface area contributed by atoms with Crippen LogP contribution in [-0.2, 0) is 9.53 Å².